The van der Waals surface area contributed by atoms with E-state index in [2.05, 4.69) is 5.32 Å². The summed E-state index contributed by atoms with van der Waals surface area (Å²) >= 11 is 0. The van der Waals surface area contributed by atoms with Crippen LogP contribution >= 0.6 is 0 Å². The highest BCUT2D eigenvalue weighted by Gasteiger charge is 2.13. The van der Waals surface area contributed by atoms with Gasteiger partial charge in [0.05, 0.1) is 24.2 Å². The summed E-state index contributed by atoms with van der Waals surface area (Å²) in [5, 5.41) is 12.2. The average Bonchev–Trinajstić information content (AvgIpc) is 2.92. The Labute approximate surface area is 114 Å². The predicted molar refractivity (Wildman–Crippen MR) is 67.0 cm³/mol. The first kappa shape index (κ1) is 14.2. The zero-order chi connectivity index (χ0) is 14.5. The van der Waals surface area contributed by atoms with Gasteiger partial charge in [0.2, 0.25) is 0 Å². The lowest BCUT2D eigenvalue weighted by Gasteiger charge is -2.09. The molecule has 2 rings (SSSR count). The van der Waals surface area contributed by atoms with Crippen molar-refractivity contribution in [3.05, 3.63) is 59.6 Å². The van der Waals surface area contributed by atoms with E-state index >= 15 is 0 Å². The van der Waals surface area contributed by atoms with Crippen LogP contribution < -0.4 is 5.32 Å². The third kappa shape index (κ3) is 3.42. The number of rotatable bonds is 5. The topological polar surface area (TPSA) is 62.5 Å². The molecule has 1 aromatic carbocycles. The Hall–Kier alpha value is -2.21. The molecule has 1 atom stereocenters. The molecule has 4 nitrogen and oxygen atoms in total. The predicted octanol–water partition coefficient (Wildman–Crippen LogP) is 2.41. The van der Waals surface area contributed by atoms with E-state index in [0.717, 1.165) is 12.1 Å². The zero-order valence-corrected chi connectivity index (χ0v) is 10.5. The second-order valence-electron chi connectivity index (χ2n) is 4.24. The lowest BCUT2D eigenvalue weighted by atomic mass is 10.1. The van der Waals surface area contributed by atoms with Gasteiger partial charge in [-0.05, 0) is 24.6 Å². The molecule has 0 aliphatic carbocycles. The third-order valence-corrected chi connectivity index (χ3v) is 2.81. The van der Waals surface area contributed by atoms with Gasteiger partial charge in [0.25, 0.3) is 5.91 Å². The van der Waals surface area contributed by atoms with E-state index < -0.39 is 23.6 Å². The lowest BCUT2D eigenvalue weighted by Crippen LogP contribution is -2.26. The van der Waals surface area contributed by atoms with E-state index in [9.17, 15) is 18.7 Å². The van der Waals surface area contributed by atoms with E-state index in [1.165, 1.54) is 12.5 Å². The van der Waals surface area contributed by atoms with E-state index in [-0.39, 0.29) is 18.5 Å². The number of nitrogens with one attached hydrogen (secondary N) is 1. The summed E-state index contributed by atoms with van der Waals surface area (Å²) in [6.07, 6.45) is 2.33. The maximum Gasteiger partial charge on any atom is 0.254 e. The fraction of sp³-hybridized carbons (Fsp3) is 0.214. The summed E-state index contributed by atoms with van der Waals surface area (Å²) < 4.78 is 30.9. The highest BCUT2D eigenvalue weighted by molar-refractivity contribution is 5.94. The van der Waals surface area contributed by atoms with Gasteiger partial charge >= 0.3 is 0 Å². The van der Waals surface area contributed by atoms with Crippen molar-refractivity contribution < 1.29 is 23.1 Å². The number of benzene rings is 1. The fourth-order valence-electron chi connectivity index (χ4n) is 1.72. The molecule has 0 bridgehead atoms. The molecule has 1 unspecified atom stereocenters. The van der Waals surface area contributed by atoms with E-state index in [0.29, 0.717) is 11.6 Å². The molecule has 0 aliphatic heterocycles. The van der Waals surface area contributed by atoms with E-state index in [1.54, 1.807) is 6.07 Å². The van der Waals surface area contributed by atoms with Crippen molar-refractivity contribution >= 4 is 5.91 Å². The number of aliphatic hydroxyl groups excluding tert-OH is 1. The summed E-state index contributed by atoms with van der Waals surface area (Å²) in [7, 11) is 0. The molecule has 20 heavy (non-hydrogen) atoms. The SMILES string of the molecule is O=C(NCCC(O)c1ccoc1)c1ccc(F)cc1F. The van der Waals surface area contributed by atoms with Crippen LogP contribution in [0.4, 0.5) is 8.78 Å². The van der Waals surface area contributed by atoms with E-state index in [4.69, 9.17) is 4.42 Å². The van der Waals surface area contributed by atoms with Crippen molar-refractivity contribution in [3.8, 4) is 0 Å². The molecule has 0 saturated carbocycles. The van der Waals surface area contributed by atoms with Gasteiger partial charge < -0.3 is 14.8 Å². The molecule has 6 heteroatoms. The Morgan fingerprint density at radius 3 is 2.80 bits per heavy atom. The van der Waals surface area contributed by atoms with Gasteiger partial charge in [0, 0.05) is 18.2 Å². The summed E-state index contributed by atoms with van der Waals surface area (Å²) in [5.74, 6) is -2.31. The van der Waals surface area contributed by atoms with Crippen LogP contribution in [-0.2, 0) is 0 Å². The number of halogens is 2. The molecular weight excluding hydrogens is 268 g/mol. The molecule has 2 aromatic rings. The molecule has 0 aliphatic rings. The van der Waals surface area contributed by atoms with Crippen LogP contribution in [-0.4, -0.2) is 17.6 Å². The standard InChI is InChI=1S/C14H13F2NO3/c15-10-1-2-11(12(16)7-10)14(19)17-5-3-13(18)9-4-6-20-8-9/h1-2,4,6-8,13,18H,3,5H2,(H,17,19). The van der Waals surface area contributed by atoms with Gasteiger partial charge in [-0.15, -0.1) is 0 Å². The number of carbonyl (C=O) groups excluding carboxylic acids is 1. The highest BCUT2D eigenvalue weighted by atomic mass is 19.1. The quantitative estimate of drug-likeness (QED) is 0.884. The first-order valence-corrected chi connectivity index (χ1v) is 6.01. The Kier molecular flexibility index (Phi) is 4.47. The van der Waals surface area contributed by atoms with Crippen molar-refractivity contribution in [2.45, 2.75) is 12.5 Å². The fourth-order valence-corrected chi connectivity index (χ4v) is 1.72. The second-order valence-corrected chi connectivity index (χ2v) is 4.24. The molecule has 2 N–H and O–H groups in total. The second kappa shape index (κ2) is 6.29. The minimum Gasteiger partial charge on any atom is -0.472 e. The van der Waals surface area contributed by atoms with Gasteiger partial charge in [-0.1, -0.05) is 0 Å². The normalized spacial score (nSPS) is 12.2. The number of amides is 1. The first-order chi connectivity index (χ1) is 9.58. The first-order valence-electron chi connectivity index (χ1n) is 6.01. The largest absolute Gasteiger partial charge is 0.472 e. The van der Waals surface area contributed by atoms with Gasteiger partial charge in [0.15, 0.2) is 0 Å². The van der Waals surface area contributed by atoms with Gasteiger partial charge in [0.1, 0.15) is 11.6 Å². The smallest absolute Gasteiger partial charge is 0.254 e. The van der Waals surface area contributed by atoms with Crippen molar-refractivity contribution in [1.82, 2.24) is 5.32 Å². The molecule has 0 spiro atoms. The van der Waals surface area contributed by atoms with Crippen LogP contribution in [0.5, 0.6) is 0 Å². The minimum atomic E-state index is -0.919. The van der Waals surface area contributed by atoms with Crippen molar-refractivity contribution in [3.63, 3.8) is 0 Å². The van der Waals surface area contributed by atoms with Crippen molar-refractivity contribution in [2.24, 2.45) is 0 Å². The third-order valence-electron chi connectivity index (χ3n) is 2.81. The molecule has 106 valence electrons. The van der Waals surface area contributed by atoms with Crippen molar-refractivity contribution in [2.75, 3.05) is 6.54 Å². The average molecular weight is 281 g/mol. The Balaban J connectivity index is 1.86. The van der Waals surface area contributed by atoms with Crippen LogP contribution in [0.15, 0.2) is 41.2 Å². The van der Waals surface area contributed by atoms with Crippen LogP contribution in [0.1, 0.15) is 28.4 Å². The summed E-state index contributed by atoms with van der Waals surface area (Å²) in [4.78, 5) is 11.7. The zero-order valence-electron chi connectivity index (χ0n) is 10.5. The Morgan fingerprint density at radius 2 is 2.15 bits per heavy atom. The van der Waals surface area contributed by atoms with Gasteiger partial charge in [-0.2, -0.15) is 0 Å². The summed E-state index contributed by atoms with van der Waals surface area (Å²) in [6, 6.07) is 4.35. The Bertz CT molecular complexity index is 584. The molecular formula is C14H13F2NO3. The molecule has 0 saturated heterocycles. The number of hydrogen-bond donors (Lipinski definition) is 2. The van der Waals surface area contributed by atoms with E-state index in [1.807, 2.05) is 0 Å². The van der Waals surface area contributed by atoms with Gasteiger partial charge in [-0.25, -0.2) is 8.78 Å². The minimum absolute atomic E-state index is 0.155. The maximum absolute atomic E-state index is 13.3. The molecule has 1 amide bonds. The van der Waals surface area contributed by atoms with Gasteiger partial charge in [-0.3, -0.25) is 4.79 Å². The summed E-state index contributed by atoms with van der Waals surface area (Å²) in [6.45, 7) is 0.155. The molecule has 1 aromatic heterocycles. The van der Waals surface area contributed by atoms with Crippen LogP contribution in [0.2, 0.25) is 0 Å². The lowest BCUT2D eigenvalue weighted by molar-refractivity contribution is 0.0938. The summed E-state index contributed by atoms with van der Waals surface area (Å²) in [5.41, 5.74) is 0.372. The number of furan rings is 1. The number of hydrogen-bond acceptors (Lipinski definition) is 3. The van der Waals surface area contributed by atoms with Crippen molar-refractivity contribution in [1.29, 1.82) is 0 Å². The molecule has 0 fully saturated rings. The molecule has 1 heterocycles. The Morgan fingerprint density at radius 1 is 1.35 bits per heavy atom. The van der Waals surface area contributed by atoms with Crippen LogP contribution in [0.3, 0.4) is 0 Å². The monoisotopic (exact) mass is 281 g/mol. The van der Waals surface area contributed by atoms with Crippen LogP contribution in [0, 0.1) is 11.6 Å². The highest BCUT2D eigenvalue weighted by Crippen LogP contribution is 2.16. The number of aliphatic hydroxyl groups is 1. The molecule has 0 radical (unpaired) electrons. The number of carbonyl (C=O) groups is 1. The van der Waals surface area contributed by atoms with Crippen LogP contribution in [0.25, 0.3) is 0 Å². The maximum atomic E-state index is 13.3.